The molecule has 3 nitrogen and oxygen atoms in total. The van der Waals surface area contributed by atoms with Crippen molar-refractivity contribution in [3.05, 3.63) is 28.8 Å². The van der Waals surface area contributed by atoms with Gasteiger partial charge in [-0.2, -0.15) is 0 Å². The molecule has 1 aromatic carbocycles. The van der Waals surface area contributed by atoms with Gasteiger partial charge in [-0.15, -0.1) is 23.7 Å². The van der Waals surface area contributed by atoms with Crippen LogP contribution in [0.2, 0.25) is 0 Å². The zero-order chi connectivity index (χ0) is 14.7. The third-order valence-corrected chi connectivity index (χ3v) is 5.21. The van der Waals surface area contributed by atoms with Crippen molar-refractivity contribution in [1.29, 1.82) is 0 Å². The third kappa shape index (κ3) is 4.19. The van der Waals surface area contributed by atoms with E-state index < -0.39 is 0 Å². The van der Waals surface area contributed by atoms with Crippen LogP contribution in [0.4, 0.5) is 0 Å². The SMILES string of the molecule is CCCN(Cc1ccc2nc(C)sc2c1)C1CCNCC1.Cl. The van der Waals surface area contributed by atoms with Crippen molar-refractivity contribution in [3.8, 4) is 0 Å². The number of nitrogens with one attached hydrogen (secondary N) is 1. The summed E-state index contributed by atoms with van der Waals surface area (Å²) in [4.78, 5) is 7.23. The van der Waals surface area contributed by atoms with E-state index in [9.17, 15) is 0 Å². The molecule has 1 fully saturated rings. The number of hydrogen-bond acceptors (Lipinski definition) is 4. The minimum Gasteiger partial charge on any atom is -0.317 e. The lowest BCUT2D eigenvalue weighted by molar-refractivity contribution is 0.154. The molecule has 5 heteroatoms. The van der Waals surface area contributed by atoms with E-state index in [1.807, 2.05) is 0 Å². The predicted octanol–water partition coefficient (Wildman–Crippen LogP) is 3.99. The summed E-state index contributed by atoms with van der Waals surface area (Å²) in [6, 6.07) is 7.51. The summed E-state index contributed by atoms with van der Waals surface area (Å²) >= 11 is 1.80. The highest BCUT2D eigenvalue weighted by Crippen LogP contribution is 2.24. The predicted molar refractivity (Wildman–Crippen MR) is 98.2 cm³/mol. The van der Waals surface area contributed by atoms with E-state index in [2.05, 4.69) is 47.2 Å². The first kappa shape index (κ1) is 17.7. The third-order valence-electron chi connectivity index (χ3n) is 4.28. The van der Waals surface area contributed by atoms with Gasteiger partial charge in [0, 0.05) is 12.6 Å². The Hall–Kier alpha value is -0.680. The van der Waals surface area contributed by atoms with E-state index >= 15 is 0 Å². The van der Waals surface area contributed by atoms with Crippen LogP contribution < -0.4 is 5.32 Å². The van der Waals surface area contributed by atoms with Crippen LogP contribution in [0, 0.1) is 6.92 Å². The highest BCUT2D eigenvalue weighted by Gasteiger charge is 2.20. The van der Waals surface area contributed by atoms with E-state index in [4.69, 9.17) is 0 Å². The summed E-state index contributed by atoms with van der Waals surface area (Å²) in [5, 5.41) is 4.63. The Morgan fingerprint density at radius 2 is 2.09 bits per heavy atom. The van der Waals surface area contributed by atoms with Gasteiger partial charge in [-0.1, -0.05) is 13.0 Å². The molecule has 22 heavy (non-hydrogen) atoms. The van der Waals surface area contributed by atoms with E-state index in [-0.39, 0.29) is 12.4 Å². The van der Waals surface area contributed by atoms with Crippen molar-refractivity contribution >= 4 is 34.0 Å². The van der Waals surface area contributed by atoms with E-state index in [1.165, 1.54) is 36.1 Å². The molecule has 1 N–H and O–H groups in total. The molecule has 0 spiro atoms. The Kier molecular flexibility index (Phi) is 6.63. The number of aromatic nitrogens is 1. The second kappa shape index (κ2) is 8.25. The summed E-state index contributed by atoms with van der Waals surface area (Å²) in [6.07, 6.45) is 3.79. The van der Waals surface area contributed by atoms with Crippen LogP contribution in [0.3, 0.4) is 0 Å². The highest BCUT2D eigenvalue weighted by atomic mass is 35.5. The summed E-state index contributed by atoms with van der Waals surface area (Å²) in [5.41, 5.74) is 2.57. The first-order valence-electron chi connectivity index (χ1n) is 8.07. The van der Waals surface area contributed by atoms with Crippen molar-refractivity contribution in [2.75, 3.05) is 19.6 Å². The molecule has 3 rings (SSSR count). The van der Waals surface area contributed by atoms with Gasteiger partial charge in [-0.3, -0.25) is 4.90 Å². The molecular formula is C17H26ClN3S. The van der Waals surface area contributed by atoms with E-state index in [0.717, 1.165) is 36.2 Å². The topological polar surface area (TPSA) is 28.2 Å². The monoisotopic (exact) mass is 339 g/mol. The number of nitrogens with zero attached hydrogens (tertiary/aromatic N) is 2. The van der Waals surface area contributed by atoms with Crippen molar-refractivity contribution in [1.82, 2.24) is 15.2 Å². The molecule has 1 saturated heterocycles. The largest absolute Gasteiger partial charge is 0.317 e. The second-order valence-electron chi connectivity index (χ2n) is 5.99. The maximum absolute atomic E-state index is 4.56. The molecule has 0 atom stereocenters. The Morgan fingerprint density at radius 3 is 2.82 bits per heavy atom. The molecule has 0 unspecified atom stereocenters. The van der Waals surface area contributed by atoms with Crippen LogP contribution in [0.25, 0.3) is 10.2 Å². The van der Waals surface area contributed by atoms with Crippen LogP contribution in [-0.4, -0.2) is 35.6 Å². The number of thiazole rings is 1. The standard InChI is InChI=1S/C17H25N3S.ClH/c1-3-10-20(15-6-8-18-9-7-15)12-14-4-5-16-17(11-14)21-13(2)19-16;/h4-5,11,15,18H,3,6-10,12H2,1-2H3;1H. The number of aryl methyl sites for hydroxylation is 1. The average molecular weight is 340 g/mol. The zero-order valence-electron chi connectivity index (χ0n) is 13.5. The maximum atomic E-state index is 4.56. The number of hydrogen-bond donors (Lipinski definition) is 1. The number of benzene rings is 1. The highest BCUT2D eigenvalue weighted by molar-refractivity contribution is 7.18. The Balaban J connectivity index is 0.00000176. The molecule has 122 valence electrons. The summed E-state index contributed by atoms with van der Waals surface area (Å²) in [6.45, 7) is 8.97. The van der Waals surface area contributed by atoms with Gasteiger partial charge in [0.1, 0.15) is 0 Å². The molecule has 0 bridgehead atoms. The number of halogens is 1. The van der Waals surface area contributed by atoms with E-state index in [0.29, 0.717) is 0 Å². The molecule has 1 aliphatic rings. The van der Waals surface area contributed by atoms with Gasteiger partial charge in [0.25, 0.3) is 0 Å². The molecule has 2 aromatic rings. The fourth-order valence-electron chi connectivity index (χ4n) is 3.27. The molecule has 1 aliphatic heterocycles. The van der Waals surface area contributed by atoms with Crippen molar-refractivity contribution in [3.63, 3.8) is 0 Å². The smallest absolute Gasteiger partial charge is 0.0907 e. The molecule has 0 amide bonds. The molecule has 0 saturated carbocycles. The lowest BCUT2D eigenvalue weighted by atomic mass is 10.0. The van der Waals surface area contributed by atoms with Crippen molar-refractivity contribution < 1.29 is 0 Å². The van der Waals surface area contributed by atoms with Gasteiger partial charge in [-0.25, -0.2) is 4.98 Å². The van der Waals surface area contributed by atoms with E-state index in [1.54, 1.807) is 11.3 Å². The summed E-state index contributed by atoms with van der Waals surface area (Å²) in [7, 11) is 0. The fraction of sp³-hybridized carbons (Fsp3) is 0.588. The average Bonchev–Trinajstić information content (AvgIpc) is 2.87. The number of fused-ring (bicyclic) bond motifs is 1. The fourth-order valence-corrected chi connectivity index (χ4v) is 4.16. The number of piperidine rings is 1. The second-order valence-corrected chi connectivity index (χ2v) is 7.22. The minimum absolute atomic E-state index is 0. The van der Waals surface area contributed by atoms with Crippen molar-refractivity contribution in [2.45, 2.75) is 45.7 Å². The minimum atomic E-state index is 0. The van der Waals surface area contributed by atoms with Gasteiger partial charge in [0.05, 0.1) is 15.2 Å². The molecule has 0 radical (unpaired) electrons. The van der Waals surface area contributed by atoms with Crippen LogP contribution in [0.15, 0.2) is 18.2 Å². The van der Waals surface area contributed by atoms with Gasteiger partial charge in [0.15, 0.2) is 0 Å². The summed E-state index contributed by atoms with van der Waals surface area (Å²) < 4.78 is 1.33. The van der Waals surface area contributed by atoms with Gasteiger partial charge in [0.2, 0.25) is 0 Å². The normalized spacial score (nSPS) is 16.1. The molecule has 1 aromatic heterocycles. The summed E-state index contributed by atoms with van der Waals surface area (Å²) in [5.74, 6) is 0. The Morgan fingerprint density at radius 1 is 1.32 bits per heavy atom. The number of rotatable bonds is 5. The first-order chi connectivity index (χ1) is 10.3. The van der Waals surface area contributed by atoms with Gasteiger partial charge in [-0.05, 0) is 63.5 Å². The molecule has 2 heterocycles. The Bertz CT molecular complexity index is 593. The van der Waals surface area contributed by atoms with Crippen LogP contribution in [-0.2, 0) is 6.54 Å². The van der Waals surface area contributed by atoms with Gasteiger partial charge >= 0.3 is 0 Å². The van der Waals surface area contributed by atoms with Crippen LogP contribution in [0.5, 0.6) is 0 Å². The Labute approximate surface area is 143 Å². The quantitative estimate of drug-likeness (QED) is 0.892. The zero-order valence-corrected chi connectivity index (χ0v) is 15.1. The van der Waals surface area contributed by atoms with Gasteiger partial charge < -0.3 is 5.32 Å². The van der Waals surface area contributed by atoms with Crippen molar-refractivity contribution in [2.24, 2.45) is 0 Å². The first-order valence-corrected chi connectivity index (χ1v) is 8.88. The lowest BCUT2D eigenvalue weighted by Crippen LogP contribution is -2.43. The molecule has 0 aliphatic carbocycles. The molecular weight excluding hydrogens is 314 g/mol. The maximum Gasteiger partial charge on any atom is 0.0907 e. The van der Waals surface area contributed by atoms with Crippen LogP contribution >= 0.6 is 23.7 Å². The lowest BCUT2D eigenvalue weighted by Gasteiger charge is -2.34. The van der Waals surface area contributed by atoms with Crippen LogP contribution in [0.1, 0.15) is 36.8 Å².